The molecule has 0 radical (unpaired) electrons. The fourth-order valence-electron chi connectivity index (χ4n) is 0.967. The molecular weight excluding hydrogens is 228 g/mol. The zero-order chi connectivity index (χ0) is 13.6. The smallest absolute Gasteiger partial charge is 0.408 e. The lowest BCUT2D eigenvalue weighted by molar-refractivity contribution is -0.148. The van der Waals surface area contributed by atoms with Crippen LogP contribution in [0.3, 0.4) is 0 Å². The summed E-state index contributed by atoms with van der Waals surface area (Å²) in [7, 11) is 2.97. The lowest BCUT2D eigenvalue weighted by Crippen LogP contribution is -2.48. The molecule has 0 aliphatic heterocycles. The molecule has 2 N–H and O–H groups in total. The summed E-state index contributed by atoms with van der Waals surface area (Å²) in [5, 5.41) is 12.5. The molecule has 1 amide bonds. The van der Waals surface area contributed by atoms with E-state index in [1.807, 2.05) is 0 Å². The molecule has 0 fully saturated rings. The first-order valence-electron chi connectivity index (χ1n) is 5.13. The van der Waals surface area contributed by atoms with Gasteiger partial charge in [0.2, 0.25) is 0 Å². The standard InChI is InChI=1S/C10H20N2O5/c1-10(2,3)17-9(15)11-7(8(13)14)6-12(4)16-5/h7H,6H2,1-5H3,(H,11,15)(H,13,14)/t7-/m0/s1. The number of hydroxylamine groups is 2. The summed E-state index contributed by atoms with van der Waals surface area (Å²) < 4.78 is 4.96. The molecule has 0 aliphatic rings. The number of carbonyl (C=O) groups is 2. The van der Waals surface area contributed by atoms with Crippen molar-refractivity contribution in [2.24, 2.45) is 0 Å². The Labute approximate surface area is 101 Å². The van der Waals surface area contributed by atoms with Crippen LogP contribution in [-0.4, -0.2) is 54.6 Å². The number of likely N-dealkylation sites (N-methyl/N-ethyl adjacent to an activating group) is 1. The largest absolute Gasteiger partial charge is 0.480 e. The number of rotatable bonds is 5. The first-order valence-corrected chi connectivity index (χ1v) is 5.13. The second-order valence-electron chi connectivity index (χ2n) is 4.53. The van der Waals surface area contributed by atoms with Crippen LogP contribution in [0.1, 0.15) is 20.8 Å². The monoisotopic (exact) mass is 248 g/mol. The molecule has 0 aliphatic carbocycles. The number of carboxylic acid groups (broad SMARTS) is 1. The van der Waals surface area contributed by atoms with Crippen molar-refractivity contribution in [1.29, 1.82) is 0 Å². The number of nitrogens with one attached hydrogen (secondary N) is 1. The number of hydrogen-bond acceptors (Lipinski definition) is 5. The Morgan fingerprint density at radius 1 is 1.41 bits per heavy atom. The van der Waals surface area contributed by atoms with Gasteiger partial charge in [-0.2, -0.15) is 5.06 Å². The van der Waals surface area contributed by atoms with Gasteiger partial charge in [-0.15, -0.1) is 0 Å². The summed E-state index contributed by atoms with van der Waals surface area (Å²) in [6.45, 7) is 5.11. The third kappa shape index (κ3) is 7.53. The van der Waals surface area contributed by atoms with Gasteiger partial charge in [-0.1, -0.05) is 0 Å². The van der Waals surface area contributed by atoms with Gasteiger partial charge in [0.15, 0.2) is 0 Å². The fourth-order valence-corrected chi connectivity index (χ4v) is 0.967. The number of amides is 1. The normalized spacial score (nSPS) is 13.3. The number of carboxylic acids is 1. The maximum absolute atomic E-state index is 11.4. The van der Waals surface area contributed by atoms with Crippen molar-refractivity contribution >= 4 is 12.1 Å². The van der Waals surface area contributed by atoms with E-state index in [0.717, 1.165) is 0 Å². The highest BCUT2D eigenvalue weighted by atomic mass is 16.7. The molecule has 0 aromatic heterocycles. The first kappa shape index (κ1) is 15.7. The molecule has 0 aromatic rings. The number of carbonyl (C=O) groups excluding carboxylic acids is 1. The molecule has 0 spiro atoms. The Bertz CT molecular complexity index is 274. The predicted molar refractivity (Wildman–Crippen MR) is 60.4 cm³/mol. The predicted octanol–water partition coefficient (Wildman–Crippen LogP) is 0.457. The highest BCUT2D eigenvalue weighted by molar-refractivity contribution is 5.80. The average molecular weight is 248 g/mol. The number of nitrogens with zero attached hydrogens (tertiary/aromatic N) is 1. The van der Waals surface area contributed by atoms with E-state index in [2.05, 4.69) is 5.32 Å². The minimum atomic E-state index is -1.15. The second kappa shape index (κ2) is 6.41. The molecule has 0 saturated heterocycles. The van der Waals surface area contributed by atoms with E-state index in [1.54, 1.807) is 27.8 Å². The average Bonchev–Trinajstić information content (AvgIpc) is 2.13. The van der Waals surface area contributed by atoms with Gasteiger partial charge in [-0.05, 0) is 20.8 Å². The molecule has 100 valence electrons. The highest BCUT2D eigenvalue weighted by Gasteiger charge is 2.25. The van der Waals surface area contributed by atoms with Crippen molar-refractivity contribution < 1.29 is 24.3 Å². The van der Waals surface area contributed by atoms with E-state index in [4.69, 9.17) is 14.7 Å². The van der Waals surface area contributed by atoms with E-state index in [1.165, 1.54) is 12.2 Å². The molecule has 0 aromatic carbocycles. The van der Waals surface area contributed by atoms with Gasteiger partial charge in [0.1, 0.15) is 11.6 Å². The molecule has 0 saturated carbocycles. The zero-order valence-corrected chi connectivity index (χ0v) is 10.8. The summed E-state index contributed by atoms with van der Waals surface area (Å²) in [4.78, 5) is 27.1. The van der Waals surface area contributed by atoms with Crippen LogP contribution in [0.5, 0.6) is 0 Å². The summed E-state index contributed by atoms with van der Waals surface area (Å²) in [5.41, 5.74) is -0.666. The molecule has 7 nitrogen and oxygen atoms in total. The Balaban J connectivity index is 4.35. The van der Waals surface area contributed by atoms with Crippen molar-refractivity contribution in [3.63, 3.8) is 0 Å². The molecule has 0 heterocycles. The Kier molecular flexibility index (Phi) is 5.90. The quantitative estimate of drug-likeness (QED) is 0.687. The van der Waals surface area contributed by atoms with Gasteiger partial charge >= 0.3 is 12.1 Å². The molecule has 1 atom stereocenters. The topological polar surface area (TPSA) is 88.1 Å². The van der Waals surface area contributed by atoms with Gasteiger partial charge in [0.25, 0.3) is 0 Å². The van der Waals surface area contributed by atoms with Crippen LogP contribution in [0.4, 0.5) is 4.79 Å². The van der Waals surface area contributed by atoms with Crippen LogP contribution in [0.2, 0.25) is 0 Å². The highest BCUT2D eigenvalue weighted by Crippen LogP contribution is 2.06. The maximum Gasteiger partial charge on any atom is 0.408 e. The summed E-state index contributed by atoms with van der Waals surface area (Å²) in [5.74, 6) is -1.15. The van der Waals surface area contributed by atoms with Gasteiger partial charge < -0.3 is 20.0 Å². The first-order chi connectivity index (χ1) is 7.65. The molecule has 0 unspecified atom stereocenters. The third-order valence-corrected chi connectivity index (χ3v) is 1.74. The minimum absolute atomic E-state index is 0.0189. The third-order valence-electron chi connectivity index (χ3n) is 1.74. The van der Waals surface area contributed by atoms with Crippen LogP contribution in [0.25, 0.3) is 0 Å². The number of hydrogen-bond donors (Lipinski definition) is 2. The molecule has 17 heavy (non-hydrogen) atoms. The molecular formula is C10H20N2O5. The van der Waals surface area contributed by atoms with Crippen LogP contribution in [0, 0.1) is 0 Å². The van der Waals surface area contributed by atoms with Gasteiger partial charge in [-0.3, -0.25) is 0 Å². The van der Waals surface area contributed by atoms with E-state index >= 15 is 0 Å². The van der Waals surface area contributed by atoms with E-state index in [0.29, 0.717) is 0 Å². The molecule has 0 rings (SSSR count). The molecule has 0 bridgehead atoms. The van der Waals surface area contributed by atoms with Crippen LogP contribution in [0.15, 0.2) is 0 Å². The van der Waals surface area contributed by atoms with Crippen molar-refractivity contribution in [3.05, 3.63) is 0 Å². The lowest BCUT2D eigenvalue weighted by atomic mass is 10.2. The van der Waals surface area contributed by atoms with Crippen molar-refractivity contribution in [1.82, 2.24) is 10.4 Å². The van der Waals surface area contributed by atoms with Crippen LogP contribution >= 0.6 is 0 Å². The lowest BCUT2D eigenvalue weighted by Gasteiger charge is -2.23. The Morgan fingerprint density at radius 2 is 1.94 bits per heavy atom. The SMILES string of the molecule is CON(C)C[C@H](NC(=O)OC(C)(C)C)C(=O)O. The minimum Gasteiger partial charge on any atom is -0.480 e. The Morgan fingerprint density at radius 3 is 2.29 bits per heavy atom. The zero-order valence-electron chi connectivity index (χ0n) is 10.8. The van der Waals surface area contributed by atoms with Crippen molar-refractivity contribution in [2.45, 2.75) is 32.4 Å². The maximum atomic E-state index is 11.4. The van der Waals surface area contributed by atoms with Gasteiger partial charge in [-0.25, -0.2) is 9.59 Å². The summed E-state index contributed by atoms with van der Waals surface area (Å²) in [6.07, 6.45) is -0.769. The van der Waals surface area contributed by atoms with Gasteiger partial charge in [0.05, 0.1) is 13.7 Å². The Hall–Kier alpha value is -1.34. The van der Waals surface area contributed by atoms with Crippen molar-refractivity contribution in [3.8, 4) is 0 Å². The summed E-state index contributed by atoms with van der Waals surface area (Å²) >= 11 is 0. The number of aliphatic carboxylic acids is 1. The van der Waals surface area contributed by atoms with E-state index in [9.17, 15) is 9.59 Å². The number of ether oxygens (including phenoxy) is 1. The van der Waals surface area contributed by atoms with Crippen molar-refractivity contribution in [2.75, 3.05) is 20.7 Å². The van der Waals surface area contributed by atoms with Gasteiger partial charge in [0, 0.05) is 7.05 Å². The summed E-state index contributed by atoms with van der Waals surface area (Å²) in [6, 6.07) is -1.09. The fraction of sp³-hybridized carbons (Fsp3) is 0.800. The van der Waals surface area contributed by atoms with E-state index < -0.39 is 23.7 Å². The van der Waals surface area contributed by atoms with Crippen LogP contribution < -0.4 is 5.32 Å². The molecule has 7 heteroatoms. The van der Waals surface area contributed by atoms with Crippen LogP contribution in [-0.2, 0) is 14.4 Å². The second-order valence-corrected chi connectivity index (χ2v) is 4.53. The van der Waals surface area contributed by atoms with E-state index in [-0.39, 0.29) is 6.54 Å². The number of alkyl carbamates (subject to hydrolysis) is 1.